The van der Waals surface area contributed by atoms with Crippen LogP contribution in [-0.4, -0.2) is 49.7 Å². The Bertz CT molecular complexity index is 229. The molecule has 1 aliphatic rings. The molecular weight excluding hydrogens is 212 g/mol. The molecule has 4 nitrogen and oxygen atoms in total. The molecule has 0 aromatic rings. The van der Waals surface area contributed by atoms with Crippen molar-refractivity contribution in [3.8, 4) is 0 Å². The van der Waals surface area contributed by atoms with E-state index in [2.05, 4.69) is 0 Å². The van der Waals surface area contributed by atoms with Crippen LogP contribution in [0.15, 0.2) is 0 Å². The minimum absolute atomic E-state index is 0. The molecule has 1 fully saturated rings. The van der Waals surface area contributed by atoms with Crippen LogP contribution in [-0.2, 0) is 9.59 Å². The van der Waals surface area contributed by atoms with Crippen LogP contribution in [0.5, 0.6) is 0 Å². The minimum Gasteiger partial charge on any atom is -0.550 e. The van der Waals surface area contributed by atoms with Crippen LogP contribution in [0.2, 0.25) is 0 Å². The predicted molar refractivity (Wildman–Crippen MR) is 45.8 cm³/mol. The summed E-state index contributed by atoms with van der Waals surface area (Å²) in [4.78, 5) is 21.3. The molecule has 1 rings (SSSR count). The van der Waals surface area contributed by atoms with Gasteiger partial charge in [-0.2, -0.15) is 0 Å². The van der Waals surface area contributed by atoms with Crippen molar-refractivity contribution in [3.63, 3.8) is 0 Å². The first kappa shape index (κ1) is 14.2. The summed E-state index contributed by atoms with van der Waals surface area (Å²) in [5, 5.41) is 21.3. The van der Waals surface area contributed by atoms with Crippen molar-refractivity contribution < 1.29 is 19.8 Å². The molecule has 0 radical (unpaired) electrons. The predicted octanol–water partition coefficient (Wildman–Crippen LogP) is -1.84. The molecule has 0 heterocycles. The van der Waals surface area contributed by atoms with Crippen LogP contribution >= 0.6 is 0 Å². The molecule has 5 heteroatoms. The van der Waals surface area contributed by atoms with Crippen molar-refractivity contribution in [2.75, 3.05) is 0 Å². The van der Waals surface area contributed by atoms with Crippen molar-refractivity contribution >= 4 is 49.7 Å². The van der Waals surface area contributed by atoms with Crippen molar-refractivity contribution in [1.82, 2.24) is 0 Å². The summed E-state index contributed by atoms with van der Waals surface area (Å²) in [6, 6.07) is 0. The average molecular weight is 224 g/mol. The van der Waals surface area contributed by atoms with Crippen molar-refractivity contribution in [3.05, 3.63) is 0 Å². The van der Waals surface area contributed by atoms with Gasteiger partial charge >= 0.3 is 37.7 Å². The van der Waals surface area contributed by atoms with Crippen LogP contribution in [0.1, 0.15) is 26.2 Å². The maximum atomic E-state index is 10.7. The Hall–Kier alpha value is 0.200. The molecule has 1 saturated carbocycles. The summed E-state index contributed by atoms with van der Waals surface area (Å²) in [5.74, 6) is -4.39. The van der Waals surface area contributed by atoms with E-state index < -0.39 is 23.8 Å². The fourth-order valence-electron chi connectivity index (χ4n) is 2.08. The van der Waals surface area contributed by atoms with Gasteiger partial charge in [-0.1, -0.05) is 19.8 Å². The first-order chi connectivity index (χ1) is 6.04. The molecule has 0 aliphatic heterocycles. The molecular formula is C9H12CaO4. The number of carbonyl (C=O) groups excluding carboxylic acids is 2. The van der Waals surface area contributed by atoms with Crippen molar-refractivity contribution in [2.24, 2.45) is 17.8 Å². The first-order valence-corrected chi connectivity index (χ1v) is 4.45. The fourth-order valence-corrected chi connectivity index (χ4v) is 2.08. The zero-order valence-electron chi connectivity index (χ0n) is 8.19. The van der Waals surface area contributed by atoms with E-state index in [4.69, 9.17) is 0 Å². The molecule has 0 saturated heterocycles. The largest absolute Gasteiger partial charge is 2.00 e. The second-order valence-electron chi connectivity index (χ2n) is 3.68. The number of carboxylic acid groups (broad SMARTS) is 2. The number of rotatable bonds is 2. The van der Waals surface area contributed by atoms with E-state index in [0.717, 1.165) is 12.8 Å². The standard InChI is InChI=1S/C9H14O4.Ca/c1-5-3-2-4-6(8(10)11)7(5)9(12)13;/h5-7H,2-4H2,1H3,(H,10,11)(H,12,13);/q;+2/p-2. The van der Waals surface area contributed by atoms with E-state index in [-0.39, 0.29) is 43.7 Å². The SMILES string of the molecule is CC1CCCC(C(=O)[O-])C1C(=O)[O-].[Ca+2]. The van der Waals surface area contributed by atoms with E-state index in [1.54, 1.807) is 6.92 Å². The van der Waals surface area contributed by atoms with Crippen LogP contribution in [0, 0.1) is 17.8 Å². The Labute approximate surface area is 113 Å². The third kappa shape index (κ3) is 3.11. The maximum Gasteiger partial charge on any atom is 2.00 e. The van der Waals surface area contributed by atoms with Gasteiger partial charge < -0.3 is 19.8 Å². The number of hydrogen-bond donors (Lipinski definition) is 0. The number of aliphatic carboxylic acids is 2. The Morgan fingerprint density at radius 2 is 1.71 bits per heavy atom. The topological polar surface area (TPSA) is 80.3 Å². The first-order valence-electron chi connectivity index (χ1n) is 4.45. The Morgan fingerprint density at radius 3 is 2.07 bits per heavy atom. The van der Waals surface area contributed by atoms with Gasteiger partial charge in [0, 0.05) is 23.8 Å². The number of carboxylic acids is 2. The van der Waals surface area contributed by atoms with Crippen LogP contribution in [0.4, 0.5) is 0 Å². The Morgan fingerprint density at radius 1 is 1.14 bits per heavy atom. The maximum absolute atomic E-state index is 10.7. The van der Waals surface area contributed by atoms with Gasteiger partial charge in [-0.05, 0) is 12.3 Å². The summed E-state index contributed by atoms with van der Waals surface area (Å²) >= 11 is 0. The van der Waals surface area contributed by atoms with Crippen molar-refractivity contribution in [1.29, 1.82) is 0 Å². The van der Waals surface area contributed by atoms with Gasteiger partial charge in [-0.3, -0.25) is 0 Å². The molecule has 0 aromatic carbocycles. The molecule has 0 aromatic heterocycles. The average Bonchev–Trinajstić information content (AvgIpc) is 2.02. The molecule has 0 amide bonds. The van der Waals surface area contributed by atoms with Crippen molar-refractivity contribution in [2.45, 2.75) is 26.2 Å². The van der Waals surface area contributed by atoms with E-state index in [9.17, 15) is 19.8 Å². The summed E-state index contributed by atoms with van der Waals surface area (Å²) < 4.78 is 0. The van der Waals surface area contributed by atoms with Gasteiger partial charge in [0.1, 0.15) is 0 Å². The van der Waals surface area contributed by atoms with Crippen LogP contribution in [0.3, 0.4) is 0 Å². The van der Waals surface area contributed by atoms with Gasteiger partial charge in [-0.25, -0.2) is 0 Å². The second-order valence-corrected chi connectivity index (χ2v) is 3.68. The molecule has 3 unspecified atom stereocenters. The van der Waals surface area contributed by atoms with E-state index in [1.807, 2.05) is 0 Å². The third-order valence-electron chi connectivity index (χ3n) is 2.80. The van der Waals surface area contributed by atoms with Gasteiger partial charge in [0.05, 0.1) is 0 Å². The quantitative estimate of drug-likeness (QED) is 0.516. The number of carbonyl (C=O) groups is 2. The van der Waals surface area contributed by atoms with E-state index in [0.29, 0.717) is 6.42 Å². The van der Waals surface area contributed by atoms with Gasteiger partial charge in [-0.15, -0.1) is 0 Å². The molecule has 0 bridgehead atoms. The smallest absolute Gasteiger partial charge is 0.550 e. The normalized spacial score (nSPS) is 31.6. The fraction of sp³-hybridized carbons (Fsp3) is 0.778. The summed E-state index contributed by atoms with van der Waals surface area (Å²) in [6.45, 7) is 1.75. The zero-order valence-corrected chi connectivity index (χ0v) is 10.4. The molecule has 74 valence electrons. The van der Waals surface area contributed by atoms with E-state index in [1.165, 1.54) is 0 Å². The monoisotopic (exact) mass is 224 g/mol. The molecule has 1 aliphatic carbocycles. The second kappa shape index (κ2) is 5.93. The van der Waals surface area contributed by atoms with Gasteiger partial charge in [0.2, 0.25) is 0 Å². The zero-order chi connectivity index (χ0) is 10.0. The Balaban J connectivity index is 0.00000169. The summed E-state index contributed by atoms with van der Waals surface area (Å²) in [5.41, 5.74) is 0. The van der Waals surface area contributed by atoms with Gasteiger partial charge in [0.25, 0.3) is 0 Å². The van der Waals surface area contributed by atoms with Crippen LogP contribution < -0.4 is 10.2 Å². The molecule has 14 heavy (non-hydrogen) atoms. The van der Waals surface area contributed by atoms with Crippen LogP contribution in [0.25, 0.3) is 0 Å². The third-order valence-corrected chi connectivity index (χ3v) is 2.80. The number of hydrogen-bond acceptors (Lipinski definition) is 4. The van der Waals surface area contributed by atoms with E-state index >= 15 is 0 Å². The molecule has 0 spiro atoms. The minimum atomic E-state index is -1.26. The van der Waals surface area contributed by atoms with Gasteiger partial charge in [0.15, 0.2) is 0 Å². The molecule has 0 N–H and O–H groups in total. The Kier molecular flexibility index (Phi) is 6.02. The summed E-state index contributed by atoms with van der Waals surface area (Å²) in [7, 11) is 0. The summed E-state index contributed by atoms with van der Waals surface area (Å²) in [6.07, 6.45) is 1.90. The molecule has 3 atom stereocenters.